The summed E-state index contributed by atoms with van der Waals surface area (Å²) in [5.74, 6) is 0. The number of hydrogen-bond donors (Lipinski definition) is 1. The number of hydrogen-bond acceptors (Lipinski definition) is 4. The van der Waals surface area contributed by atoms with E-state index in [-0.39, 0.29) is 5.56 Å². The lowest BCUT2D eigenvalue weighted by atomic mass is 10.2. The number of benzene rings is 1. The smallest absolute Gasteiger partial charge is 0.261 e. The molecular weight excluding hydrogens is 252 g/mol. The maximum absolute atomic E-state index is 12.4. The number of aromatic nitrogens is 3. The summed E-state index contributed by atoms with van der Waals surface area (Å²) in [7, 11) is 0. The summed E-state index contributed by atoms with van der Waals surface area (Å²) < 4.78 is 1.60. The highest BCUT2D eigenvalue weighted by atomic mass is 16.1. The molecule has 0 aliphatic carbocycles. The van der Waals surface area contributed by atoms with Crippen LogP contribution in [-0.2, 0) is 13.1 Å². The van der Waals surface area contributed by atoms with E-state index < -0.39 is 0 Å². The largest absolute Gasteiger partial charge is 0.325 e. The molecule has 3 rings (SSSR count). The number of rotatable bonds is 3. The van der Waals surface area contributed by atoms with Crippen LogP contribution in [0.4, 0.5) is 0 Å². The van der Waals surface area contributed by atoms with Gasteiger partial charge in [0.25, 0.3) is 5.56 Å². The average Bonchev–Trinajstić information content (AvgIpc) is 2.50. The molecular formula is C15H14N4O. The standard InChI is InChI=1S/C15H14N4O/c16-8-12-7-11(5-6-17-12)9-19-10-18-14-4-2-1-3-13(14)15(19)20/h1-7,10H,8-9,16H2. The average molecular weight is 266 g/mol. The molecule has 0 atom stereocenters. The normalized spacial score (nSPS) is 10.8. The minimum atomic E-state index is -0.0401. The van der Waals surface area contributed by atoms with Crippen LogP contribution in [0.15, 0.2) is 53.7 Å². The van der Waals surface area contributed by atoms with Gasteiger partial charge in [0.2, 0.25) is 0 Å². The molecule has 5 heteroatoms. The molecule has 0 amide bonds. The molecule has 0 saturated carbocycles. The van der Waals surface area contributed by atoms with E-state index in [0.717, 1.165) is 11.3 Å². The highest BCUT2D eigenvalue weighted by molar-refractivity contribution is 5.76. The molecule has 0 bridgehead atoms. The summed E-state index contributed by atoms with van der Waals surface area (Å²) >= 11 is 0. The first-order valence-corrected chi connectivity index (χ1v) is 6.36. The van der Waals surface area contributed by atoms with E-state index in [1.54, 1.807) is 23.2 Å². The lowest BCUT2D eigenvalue weighted by Gasteiger charge is -2.07. The van der Waals surface area contributed by atoms with E-state index in [2.05, 4.69) is 9.97 Å². The summed E-state index contributed by atoms with van der Waals surface area (Å²) in [6, 6.07) is 11.1. The van der Waals surface area contributed by atoms with Crippen molar-refractivity contribution < 1.29 is 0 Å². The van der Waals surface area contributed by atoms with Gasteiger partial charge in [-0.25, -0.2) is 4.98 Å². The van der Waals surface area contributed by atoms with E-state index in [9.17, 15) is 4.79 Å². The van der Waals surface area contributed by atoms with Crippen molar-refractivity contribution in [1.82, 2.24) is 14.5 Å². The molecule has 0 spiro atoms. The predicted octanol–water partition coefficient (Wildman–Crippen LogP) is 1.30. The van der Waals surface area contributed by atoms with Crippen LogP contribution in [-0.4, -0.2) is 14.5 Å². The third-order valence-corrected chi connectivity index (χ3v) is 3.17. The maximum atomic E-state index is 12.4. The monoisotopic (exact) mass is 266 g/mol. The Balaban J connectivity index is 2.02. The van der Waals surface area contributed by atoms with Crippen LogP contribution in [0.5, 0.6) is 0 Å². The zero-order chi connectivity index (χ0) is 13.9. The first-order valence-electron chi connectivity index (χ1n) is 6.36. The van der Waals surface area contributed by atoms with Crippen LogP contribution in [0, 0.1) is 0 Å². The van der Waals surface area contributed by atoms with Crippen molar-refractivity contribution in [2.24, 2.45) is 5.73 Å². The first-order chi connectivity index (χ1) is 9.78. The SMILES string of the molecule is NCc1cc(Cn2cnc3ccccc3c2=O)ccn1. The van der Waals surface area contributed by atoms with Gasteiger partial charge in [-0.15, -0.1) is 0 Å². The van der Waals surface area contributed by atoms with Gasteiger partial charge in [0.15, 0.2) is 0 Å². The summed E-state index contributed by atoms with van der Waals surface area (Å²) in [5.41, 5.74) is 8.04. The Morgan fingerprint density at radius 2 is 2.00 bits per heavy atom. The number of nitrogens with two attached hydrogens (primary N) is 1. The molecule has 0 saturated heterocycles. The molecule has 0 radical (unpaired) electrons. The first kappa shape index (κ1) is 12.5. The molecule has 0 aliphatic rings. The molecule has 0 aliphatic heterocycles. The van der Waals surface area contributed by atoms with Crippen molar-refractivity contribution in [2.45, 2.75) is 13.1 Å². The Hall–Kier alpha value is -2.53. The number of para-hydroxylation sites is 1. The summed E-state index contributed by atoms with van der Waals surface area (Å²) in [5, 5.41) is 0.628. The van der Waals surface area contributed by atoms with Crippen molar-refractivity contribution in [3.8, 4) is 0 Å². The van der Waals surface area contributed by atoms with Gasteiger partial charge in [0, 0.05) is 12.7 Å². The minimum Gasteiger partial charge on any atom is -0.325 e. The molecule has 5 nitrogen and oxygen atoms in total. The zero-order valence-electron chi connectivity index (χ0n) is 10.9. The van der Waals surface area contributed by atoms with Gasteiger partial charge < -0.3 is 5.73 Å². The van der Waals surface area contributed by atoms with Crippen LogP contribution < -0.4 is 11.3 Å². The van der Waals surface area contributed by atoms with Crippen LogP contribution in [0.3, 0.4) is 0 Å². The molecule has 0 fully saturated rings. The lowest BCUT2D eigenvalue weighted by Crippen LogP contribution is -2.21. The zero-order valence-corrected chi connectivity index (χ0v) is 10.9. The maximum Gasteiger partial charge on any atom is 0.261 e. The van der Waals surface area contributed by atoms with E-state index >= 15 is 0 Å². The van der Waals surface area contributed by atoms with Gasteiger partial charge in [0.1, 0.15) is 0 Å². The van der Waals surface area contributed by atoms with E-state index in [0.29, 0.717) is 24.0 Å². The number of fused-ring (bicyclic) bond motifs is 1. The van der Waals surface area contributed by atoms with Gasteiger partial charge >= 0.3 is 0 Å². The highest BCUT2D eigenvalue weighted by Gasteiger charge is 2.04. The number of pyridine rings is 1. The molecule has 3 aromatic rings. The predicted molar refractivity (Wildman–Crippen MR) is 77.2 cm³/mol. The fraction of sp³-hybridized carbons (Fsp3) is 0.133. The second kappa shape index (κ2) is 5.22. The Kier molecular flexibility index (Phi) is 3.26. The Morgan fingerprint density at radius 1 is 1.15 bits per heavy atom. The Bertz CT molecular complexity index is 810. The summed E-state index contributed by atoms with van der Waals surface area (Å²) in [6.45, 7) is 0.852. The highest BCUT2D eigenvalue weighted by Crippen LogP contribution is 2.07. The minimum absolute atomic E-state index is 0.0401. The van der Waals surface area contributed by atoms with Crippen LogP contribution in [0.2, 0.25) is 0 Å². The van der Waals surface area contributed by atoms with Crippen molar-refractivity contribution in [3.63, 3.8) is 0 Å². The third kappa shape index (κ3) is 2.31. The van der Waals surface area contributed by atoms with Crippen LogP contribution in [0.25, 0.3) is 10.9 Å². The van der Waals surface area contributed by atoms with Crippen molar-refractivity contribution in [3.05, 3.63) is 70.5 Å². The summed E-state index contributed by atoms with van der Waals surface area (Å²) in [4.78, 5) is 20.8. The molecule has 100 valence electrons. The van der Waals surface area contributed by atoms with E-state index in [1.807, 2.05) is 30.3 Å². The molecule has 2 heterocycles. The van der Waals surface area contributed by atoms with Gasteiger partial charge in [-0.3, -0.25) is 14.3 Å². The third-order valence-electron chi connectivity index (χ3n) is 3.17. The summed E-state index contributed by atoms with van der Waals surface area (Å²) in [6.07, 6.45) is 3.28. The fourth-order valence-electron chi connectivity index (χ4n) is 2.15. The molecule has 2 N–H and O–H groups in total. The topological polar surface area (TPSA) is 73.8 Å². The molecule has 0 unspecified atom stereocenters. The second-order valence-corrected chi connectivity index (χ2v) is 4.55. The van der Waals surface area contributed by atoms with Gasteiger partial charge in [-0.2, -0.15) is 0 Å². The fourth-order valence-corrected chi connectivity index (χ4v) is 2.15. The van der Waals surface area contributed by atoms with Crippen molar-refractivity contribution in [1.29, 1.82) is 0 Å². The Morgan fingerprint density at radius 3 is 2.85 bits per heavy atom. The van der Waals surface area contributed by atoms with Crippen LogP contribution >= 0.6 is 0 Å². The van der Waals surface area contributed by atoms with Crippen molar-refractivity contribution in [2.75, 3.05) is 0 Å². The quantitative estimate of drug-likeness (QED) is 0.775. The van der Waals surface area contributed by atoms with Crippen molar-refractivity contribution >= 4 is 10.9 Å². The molecule has 2 aromatic heterocycles. The number of nitrogens with zero attached hydrogens (tertiary/aromatic N) is 3. The second-order valence-electron chi connectivity index (χ2n) is 4.55. The van der Waals surface area contributed by atoms with Gasteiger partial charge in [0.05, 0.1) is 29.5 Å². The van der Waals surface area contributed by atoms with E-state index in [1.165, 1.54) is 0 Å². The van der Waals surface area contributed by atoms with Crippen LogP contribution in [0.1, 0.15) is 11.3 Å². The lowest BCUT2D eigenvalue weighted by molar-refractivity contribution is 0.745. The van der Waals surface area contributed by atoms with E-state index in [4.69, 9.17) is 5.73 Å². The van der Waals surface area contributed by atoms with Gasteiger partial charge in [-0.1, -0.05) is 12.1 Å². The van der Waals surface area contributed by atoms with Gasteiger partial charge in [-0.05, 0) is 29.8 Å². The molecule has 1 aromatic carbocycles. The molecule has 20 heavy (non-hydrogen) atoms. The Labute approximate surface area is 115 Å².